The van der Waals surface area contributed by atoms with E-state index >= 15 is 0 Å². The highest BCUT2D eigenvalue weighted by Crippen LogP contribution is 2.19. The molecule has 0 saturated carbocycles. The van der Waals surface area contributed by atoms with Crippen LogP contribution in [0.4, 0.5) is 4.79 Å². The van der Waals surface area contributed by atoms with E-state index in [1.54, 1.807) is 25.2 Å². The third-order valence-electron chi connectivity index (χ3n) is 4.25. The van der Waals surface area contributed by atoms with Gasteiger partial charge in [0.25, 0.3) is 0 Å². The van der Waals surface area contributed by atoms with Gasteiger partial charge in [-0.3, -0.25) is 14.3 Å². The Morgan fingerprint density at radius 2 is 2.04 bits per heavy atom. The van der Waals surface area contributed by atoms with Gasteiger partial charge in [0.1, 0.15) is 0 Å². The first-order valence-electron chi connectivity index (χ1n) is 8.04. The molecule has 1 N–H and O–H groups in total. The number of fused-ring (bicyclic) bond motifs is 1. The number of oxazole rings is 1. The summed E-state index contributed by atoms with van der Waals surface area (Å²) in [5.41, 5.74) is 1.89. The summed E-state index contributed by atoms with van der Waals surface area (Å²) in [4.78, 5) is 37.3. The Hall–Kier alpha value is -2.57. The summed E-state index contributed by atoms with van der Waals surface area (Å²) in [7, 11) is 1.62. The quantitative estimate of drug-likeness (QED) is 0.928. The number of urea groups is 1. The van der Waals surface area contributed by atoms with Crippen molar-refractivity contribution in [2.75, 3.05) is 0 Å². The van der Waals surface area contributed by atoms with Crippen LogP contribution in [0.2, 0.25) is 0 Å². The molecule has 3 rings (SSSR count). The molecule has 1 aromatic carbocycles. The second-order valence-corrected chi connectivity index (χ2v) is 6.69. The van der Waals surface area contributed by atoms with E-state index in [0.717, 1.165) is 12.0 Å². The maximum atomic E-state index is 12.3. The lowest BCUT2D eigenvalue weighted by Crippen LogP contribution is -2.54. The number of nitrogens with one attached hydrogen (secondary N) is 1. The molecule has 1 atom stereocenters. The van der Waals surface area contributed by atoms with Gasteiger partial charge in [0.15, 0.2) is 5.58 Å². The van der Waals surface area contributed by atoms with Crippen molar-refractivity contribution in [1.82, 2.24) is 14.8 Å². The van der Waals surface area contributed by atoms with E-state index in [2.05, 4.69) is 19.2 Å². The first-order valence-corrected chi connectivity index (χ1v) is 8.04. The van der Waals surface area contributed by atoms with Gasteiger partial charge in [-0.25, -0.2) is 9.59 Å². The normalized spacial score (nSPS) is 18.5. The molecule has 3 amide bonds. The Labute approximate surface area is 139 Å². The van der Waals surface area contributed by atoms with Crippen LogP contribution in [0, 0.1) is 5.92 Å². The van der Waals surface area contributed by atoms with Crippen LogP contribution < -0.4 is 11.1 Å². The Kier molecular flexibility index (Phi) is 4.17. The number of benzene rings is 1. The highest BCUT2D eigenvalue weighted by Gasteiger charge is 2.32. The summed E-state index contributed by atoms with van der Waals surface area (Å²) < 4.78 is 6.48. The topological polar surface area (TPSA) is 84.6 Å². The average molecular weight is 331 g/mol. The molecule has 2 aromatic rings. The standard InChI is InChI=1S/C17H21N3O4/c1-10(2)6-12-8-15(21)20(16(22)18-12)9-11-4-5-14-13(7-11)19(3)17(23)24-14/h4-5,7,10,12H,6,8-9H2,1-3H3,(H,18,22)/t12-/m1/s1. The van der Waals surface area contributed by atoms with Gasteiger partial charge in [-0.15, -0.1) is 0 Å². The number of aromatic nitrogens is 1. The molecule has 128 valence electrons. The maximum absolute atomic E-state index is 12.3. The van der Waals surface area contributed by atoms with Crippen LogP contribution in [-0.2, 0) is 18.4 Å². The predicted octanol–water partition coefficient (Wildman–Crippen LogP) is 1.99. The second-order valence-electron chi connectivity index (χ2n) is 6.69. The monoisotopic (exact) mass is 331 g/mol. The van der Waals surface area contributed by atoms with Crippen molar-refractivity contribution in [3.05, 3.63) is 34.3 Å². The second kappa shape index (κ2) is 6.14. The number of rotatable bonds is 4. The molecule has 1 saturated heterocycles. The van der Waals surface area contributed by atoms with Gasteiger partial charge in [0.2, 0.25) is 5.91 Å². The van der Waals surface area contributed by atoms with Gasteiger partial charge in [-0.05, 0) is 30.0 Å². The zero-order valence-electron chi connectivity index (χ0n) is 14.0. The van der Waals surface area contributed by atoms with Crippen LogP contribution in [0.1, 0.15) is 32.3 Å². The maximum Gasteiger partial charge on any atom is 0.419 e. The van der Waals surface area contributed by atoms with E-state index in [4.69, 9.17) is 4.42 Å². The SMILES string of the molecule is CC(C)C[C@@H]1CC(=O)N(Cc2ccc3oc(=O)n(C)c3c2)C(=O)N1. The lowest BCUT2D eigenvalue weighted by Gasteiger charge is -2.32. The van der Waals surface area contributed by atoms with Crippen molar-refractivity contribution in [3.8, 4) is 0 Å². The van der Waals surface area contributed by atoms with Gasteiger partial charge < -0.3 is 9.73 Å². The third-order valence-corrected chi connectivity index (χ3v) is 4.25. The summed E-state index contributed by atoms with van der Waals surface area (Å²) in [6, 6.07) is 4.74. The summed E-state index contributed by atoms with van der Waals surface area (Å²) in [5.74, 6) is -0.199. The average Bonchev–Trinajstić information content (AvgIpc) is 2.77. The summed E-state index contributed by atoms with van der Waals surface area (Å²) in [5, 5.41) is 2.89. The van der Waals surface area contributed by atoms with E-state index in [9.17, 15) is 14.4 Å². The van der Waals surface area contributed by atoms with E-state index < -0.39 is 5.76 Å². The third kappa shape index (κ3) is 3.06. The smallest absolute Gasteiger partial charge is 0.408 e. The number of aryl methyl sites for hydroxylation is 1. The first-order chi connectivity index (χ1) is 11.3. The van der Waals surface area contributed by atoms with Crippen LogP contribution in [0.15, 0.2) is 27.4 Å². The van der Waals surface area contributed by atoms with Crippen LogP contribution in [0.3, 0.4) is 0 Å². The summed E-state index contributed by atoms with van der Waals surface area (Å²) in [6.07, 6.45) is 1.10. The minimum atomic E-state index is -0.439. The number of carbonyl (C=O) groups is 2. The first kappa shape index (κ1) is 16.3. The van der Waals surface area contributed by atoms with E-state index in [1.165, 1.54) is 9.47 Å². The lowest BCUT2D eigenvalue weighted by atomic mass is 9.99. The van der Waals surface area contributed by atoms with E-state index in [0.29, 0.717) is 23.4 Å². The fraction of sp³-hybridized carbons (Fsp3) is 0.471. The molecule has 1 aliphatic heterocycles. The van der Waals surface area contributed by atoms with Crippen molar-refractivity contribution < 1.29 is 14.0 Å². The van der Waals surface area contributed by atoms with Crippen molar-refractivity contribution in [1.29, 1.82) is 0 Å². The van der Waals surface area contributed by atoms with Crippen molar-refractivity contribution in [2.24, 2.45) is 13.0 Å². The zero-order chi connectivity index (χ0) is 17.4. The Morgan fingerprint density at radius 1 is 1.29 bits per heavy atom. The molecule has 24 heavy (non-hydrogen) atoms. The number of imide groups is 1. The fourth-order valence-electron chi connectivity index (χ4n) is 3.06. The zero-order valence-corrected chi connectivity index (χ0v) is 14.0. The number of nitrogens with zero attached hydrogens (tertiary/aromatic N) is 2. The molecule has 0 aliphatic carbocycles. The molecule has 1 aliphatic rings. The van der Waals surface area contributed by atoms with Crippen LogP contribution in [0.5, 0.6) is 0 Å². The predicted molar refractivity (Wildman–Crippen MR) is 88.4 cm³/mol. The molecule has 0 bridgehead atoms. The summed E-state index contributed by atoms with van der Waals surface area (Å²) >= 11 is 0. The van der Waals surface area contributed by atoms with Crippen molar-refractivity contribution >= 4 is 23.0 Å². The Morgan fingerprint density at radius 3 is 2.71 bits per heavy atom. The van der Waals surface area contributed by atoms with Gasteiger partial charge in [-0.1, -0.05) is 19.9 Å². The van der Waals surface area contributed by atoms with Gasteiger partial charge >= 0.3 is 11.8 Å². The van der Waals surface area contributed by atoms with Crippen LogP contribution in [-0.4, -0.2) is 27.4 Å². The number of amides is 3. The van der Waals surface area contributed by atoms with E-state index in [1.807, 2.05) is 0 Å². The lowest BCUT2D eigenvalue weighted by molar-refractivity contribution is -0.130. The molecule has 1 fully saturated rings. The number of hydrogen-bond donors (Lipinski definition) is 1. The highest BCUT2D eigenvalue weighted by molar-refractivity contribution is 5.97. The number of hydrogen-bond acceptors (Lipinski definition) is 4. The summed E-state index contributed by atoms with van der Waals surface area (Å²) in [6.45, 7) is 4.30. The molecule has 0 unspecified atom stereocenters. The minimum Gasteiger partial charge on any atom is -0.408 e. The molecular weight excluding hydrogens is 310 g/mol. The Bertz CT molecular complexity index is 831. The van der Waals surface area contributed by atoms with Gasteiger partial charge in [-0.2, -0.15) is 0 Å². The molecule has 0 radical (unpaired) electrons. The minimum absolute atomic E-state index is 0.0987. The van der Waals surface area contributed by atoms with Crippen molar-refractivity contribution in [3.63, 3.8) is 0 Å². The van der Waals surface area contributed by atoms with Crippen molar-refractivity contribution in [2.45, 2.75) is 39.3 Å². The Balaban J connectivity index is 1.78. The van der Waals surface area contributed by atoms with Gasteiger partial charge in [0.05, 0.1) is 12.1 Å². The van der Waals surface area contributed by atoms with Crippen LogP contribution >= 0.6 is 0 Å². The van der Waals surface area contributed by atoms with E-state index in [-0.39, 0.29) is 24.5 Å². The largest absolute Gasteiger partial charge is 0.419 e. The number of carbonyl (C=O) groups excluding carboxylic acids is 2. The molecule has 0 spiro atoms. The molecular formula is C17H21N3O4. The molecule has 1 aromatic heterocycles. The van der Waals surface area contributed by atoms with Gasteiger partial charge in [0, 0.05) is 19.5 Å². The molecule has 7 heteroatoms. The fourth-order valence-corrected chi connectivity index (χ4v) is 3.06. The molecule has 2 heterocycles. The highest BCUT2D eigenvalue weighted by atomic mass is 16.4. The molecule has 7 nitrogen and oxygen atoms in total. The van der Waals surface area contributed by atoms with Crippen LogP contribution in [0.25, 0.3) is 11.1 Å².